The smallest absolute Gasteiger partial charge is 0.304 e. The first kappa shape index (κ1) is 16.7. The highest BCUT2D eigenvalue weighted by molar-refractivity contribution is 9.10. The van der Waals surface area contributed by atoms with E-state index in [0.717, 1.165) is 4.31 Å². The molecule has 0 saturated carbocycles. The van der Waals surface area contributed by atoms with Crippen LogP contribution in [-0.4, -0.2) is 37.4 Å². The van der Waals surface area contributed by atoms with Gasteiger partial charge >= 0.3 is 5.97 Å². The van der Waals surface area contributed by atoms with Crippen LogP contribution in [0.3, 0.4) is 0 Å². The van der Waals surface area contributed by atoms with E-state index in [1.54, 1.807) is 0 Å². The van der Waals surface area contributed by atoms with Crippen LogP contribution in [0.25, 0.3) is 0 Å². The summed E-state index contributed by atoms with van der Waals surface area (Å²) in [6, 6.07) is 2.82. The number of hydrogen-bond acceptors (Lipinski definition) is 3. The van der Waals surface area contributed by atoms with E-state index in [2.05, 4.69) is 15.9 Å². The lowest BCUT2D eigenvalue weighted by atomic mass is 10.4. The Morgan fingerprint density at radius 2 is 1.84 bits per heavy atom. The molecule has 0 heterocycles. The number of sulfonamides is 1. The van der Waals surface area contributed by atoms with Gasteiger partial charge in [-0.25, -0.2) is 12.7 Å². The maximum Gasteiger partial charge on any atom is 0.304 e. The first-order valence-corrected chi connectivity index (χ1v) is 7.98. The van der Waals surface area contributed by atoms with Crippen LogP contribution in [0.5, 0.6) is 0 Å². The molecule has 0 aliphatic heterocycles. The molecule has 0 saturated heterocycles. The van der Waals surface area contributed by atoms with Gasteiger partial charge < -0.3 is 5.11 Å². The van der Waals surface area contributed by atoms with E-state index in [0.29, 0.717) is 4.47 Å². The summed E-state index contributed by atoms with van der Waals surface area (Å²) in [7, 11) is -2.66. The van der Waals surface area contributed by atoms with E-state index in [1.165, 1.54) is 19.2 Å². The second kappa shape index (κ2) is 6.41. The third-order valence-electron chi connectivity index (χ3n) is 2.27. The van der Waals surface area contributed by atoms with Gasteiger partial charge in [0.25, 0.3) is 0 Å². The van der Waals surface area contributed by atoms with E-state index in [4.69, 9.17) is 28.3 Å². The summed E-state index contributed by atoms with van der Waals surface area (Å²) >= 11 is 14.9. The SMILES string of the molecule is CN(CCC(=O)O)S(=O)(=O)c1c(Cl)cc(Br)cc1Cl. The number of carboxylic acids is 1. The fraction of sp³-hybridized carbons (Fsp3) is 0.300. The average Bonchev–Trinajstić information content (AvgIpc) is 2.23. The molecule has 0 aliphatic carbocycles. The fourth-order valence-corrected chi connectivity index (χ4v) is 4.35. The van der Waals surface area contributed by atoms with E-state index in [9.17, 15) is 13.2 Å². The summed E-state index contributed by atoms with van der Waals surface area (Å²) in [5.41, 5.74) is 0. The highest BCUT2D eigenvalue weighted by Gasteiger charge is 2.27. The second-order valence-electron chi connectivity index (χ2n) is 3.67. The van der Waals surface area contributed by atoms with E-state index in [-0.39, 0.29) is 27.9 Å². The van der Waals surface area contributed by atoms with Crippen molar-refractivity contribution in [3.63, 3.8) is 0 Å². The monoisotopic (exact) mass is 389 g/mol. The quantitative estimate of drug-likeness (QED) is 0.838. The second-order valence-corrected chi connectivity index (χ2v) is 7.38. The van der Waals surface area contributed by atoms with Gasteiger partial charge in [-0.3, -0.25) is 4.79 Å². The molecule has 0 bridgehead atoms. The molecule has 0 atom stereocenters. The van der Waals surface area contributed by atoms with Gasteiger partial charge in [-0.2, -0.15) is 0 Å². The Balaban J connectivity index is 3.17. The van der Waals surface area contributed by atoms with Crippen molar-refractivity contribution in [2.24, 2.45) is 0 Å². The number of carboxylic acid groups (broad SMARTS) is 1. The van der Waals surface area contributed by atoms with Crippen molar-refractivity contribution in [2.45, 2.75) is 11.3 Å². The zero-order chi connectivity index (χ0) is 14.8. The van der Waals surface area contributed by atoms with Crippen LogP contribution < -0.4 is 0 Å². The van der Waals surface area contributed by atoms with Crippen molar-refractivity contribution in [3.05, 3.63) is 26.7 Å². The van der Waals surface area contributed by atoms with Crippen LogP contribution in [0.1, 0.15) is 6.42 Å². The predicted octanol–water partition coefficient (Wildman–Crippen LogP) is 2.85. The van der Waals surface area contributed by atoms with Crippen LogP contribution in [0.2, 0.25) is 10.0 Å². The lowest BCUT2D eigenvalue weighted by Crippen LogP contribution is -2.29. The van der Waals surface area contributed by atoms with Gasteiger partial charge in [0.05, 0.1) is 16.5 Å². The van der Waals surface area contributed by atoms with E-state index < -0.39 is 16.0 Å². The number of nitrogens with zero attached hydrogens (tertiary/aromatic N) is 1. The highest BCUT2D eigenvalue weighted by atomic mass is 79.9. The first-order valence-electron chi connectivity index (χ1n) is 4.99. The molecular weight excluding hydrogens is 381 g/mol. The minimum absolute atomic E-state index is 0.0263. The van der Waals surface area contributed by atoms with Crippen LogP contribution in [-0.2, 0) is 14.8 Å². The molecule has 0 amide bonds. The predicted molar refractivity (Wildman–Crippen MR) is 76.2 cm³/mol. The van der Waals surface area contributed by atoms with E-state index in [1.807, 2.05) is 0 Å². The topological polar surface area (TPSA) is 74.7 Å². The zero-order valence-corrected chi connectivity index (χ0v) is 13.6. The Labute approximate surface area is 129 Å². The first-order chi connectivity index (χ1) is 8.66. The van der Waals surface area contributed by atoms with Crippen LogP contribution in [0.15, 0.2) is 21.5 Å². The maximum absolute atomic E-state index is 12.2. The number of aliphatic carboxylic acids is 1. The normalized spacial score (nSPS) is 11.8. The molecule has 5 nitrogen and oxygen atoms in total. The lowest BCUT2D eigenvalue weighted by molar-refractivity contribution is -0.137. The largest absolute Gasteiger partial charge is 0.481 e. The van der Waals surface area contributed by atoms with Crippen LogP contribution in [0, 0.1) is 0 Å². The zero-order valence-electron chi connectivity index (χ0n) is 9.73. The summed E-state index contributed by atoms with van der Waals surface area (Å²) in [4.78, 5) is 10.2. The highest BCUT2D eigenvalue weighted by Crippen LogP contribution is 2.34. The number of carbonyl (C=O) groups is 1. The number of benzene rings is 1. The van der Waals surface area contributed by atoms with E-state index >= 15 is 0 Å². The number of halogens is 3. The molecule has 0 aliphatic rings. The third kappa shape index (κ3) is 4.06. The maximum atomic E-state index is 12.2. The number of rotatable bonds is 5. The Bertz CT molecular complexity index is 583. The van der Waals surface area contributed by atoms with Crippen molar-refractivity contribution in [2.75, 3.05) is 13.6 Å². The molecule has 0 spiro atoms. The standard InChI is InChI=1S/C10H10BrCl2NO4S/c1-14(3-2-9(15)16)19(17,18)10-7(12)4-6(11)5-8(10)13/h4-5H,2-3H2,1H3,(H,15,16). The van der Waals surface area contributed by atoms with Gasteiger partial charge in [0.1, 0.15) is 4.90 Å². The molecule has 106 valence electrons. The summed E-state index contributed by atoms with van der Waals surface area (Å²) in [5.74, 6) is -1.09. The minimum Gasteiger partial charge on any atom is -0.481 e. The van der Waals surface area contributed by atoms with Crippen molar-refractivity contribution < 1.29 is 18.3 Å². The molecule has 0 aromatic heterocycles. The molecule has 19 heavy (non-hydrogen) atoms. The van der Waals surface area contributed by atoms with Crippen molar-refractivity contribution in [1.82, 2.24) is 4.31 Å². The molecular formula is C10H10BrCl2NO4S. The third-order valence-corrected chi connectivity index (χ3v) is 5.51. The molecule has 1 rings (SSSR count). The number of hydrogen-bond donors (Lipinski definition) is 1. The lowest BCUT2D eigenvalue weighted by Gasteiger charge is -2.18. The van der Waals surface area contributed by atoms with Crippen molar-refractivity contribution in [1.29, 1.82) is 0 Å². The molecule has 0 unspecified atom stereocenters. The summed E-state index contributed by atoms with van der Waals surface area (Å²) < 4.78 is 25.9. The molecule has 9 heteroatoms. The Hall–Kier alpha value is -0.340. The molecule has 1 aromatic carbocycles. The summed E-state index contributed by atoms with van der Waals surface area (Å²) in [5, 5.41) is 8.51. The Morgan fingerprint density at radius 1 is 1.37 bits per heavy atom. The van der Waals surface area contributed by atoms with Gasteiger partial charge in [0, 0.05) is 18.1 Å². The van der Waals surface area contributed by atoms with Crippen LogP contribution >= 0.6 is 39.1 Å². The van der Waals surface area contributed by atoms with Gasteiger partial charge in [-0.15, -0.1) is 0 Å². The average molecular weight is 391 g/mol. The van der Waals surface area contributed by atoms with Gasteiger partial charge in [0.2, 0.25) is 10.0 Å². The summed E-state index contributed by atoms with van der Waals surface area (Å²) in [6.07, 6.45) is -0.304. The van der Waals surface area contributed by atoms with Gasteiger partial charge in [-0.1, -0.05) is 39.1 Å². The van der Waals surface area contributed by atoms with Gasteiger partial charge in [0.15, 0.2) is 0 Å². The minimum atomic E-state index is -3.93. The molecule has 1 N–H and O–H groups in total. The Kier molecular flexibility index (Phi) is 5.64. The molecule has 0 fully saturated rings. The fourth-order valence-electron chi connectivity index (χ4n) is 1.30. The Morgan fingerprint density at radius 3 is 2.26 bits per heavy atom. The van der Waals surface area contributed by atoms with Gasteiger partial charge in [-0.05, 0) is 12.1 Å². The molecule has 1 aromatic rings. The van der Waals surface area contributed by atoms with Crippen LogP contribution in [0.4, 0.5) is 0 Å². The molecule has 0 radical (unpaired) electrons. The van der Waals surface area contributed by atoms with Crippen molar-refractivity contribution >= 4 is 55.1 Å². The van der Waals surface area contributed by atoms with Crippen molar-refractivity contribution in [3.8, 4) is 0 Å². The summed E-state index contributed by atoms with van der Waals surface area (Å²) in [6.45, 7) is -0.166.